The molecule has 0 saturated carbocycles. The lowest BCUT2D eigenvalue weighted by atomic mass is 10.1. The summed E-state index contributed by atoms with van der Waals surface area (Å²) in [4.78, 5) is 22.6. The first-order valence-corrected chi connectivity index (χ1v) is 11.4. The van der Waals surface area contributed by atoms with Crippen LogP contribution in [0.5, 0.6) is 5.75 Å². The van der Waals surface area contributed by atoms with Gasteiger partial charge in [0.15, 0.2) is 5.78 Å². The fraction of sp³-hybridized carbons (Fsp3) is 0.0417. The number of nitrogens with zero attached hydrogens (tertiary/aromatic N) is 1. The van der Waals surface area contributed by atoms with E-state index >= 15 is 0 Å². The van der Waals surface area contributed by atoms with E-state index < -0.39 is 20.8 Å². The highest BCUT2D eigenvalue weighted by Crippen LogP contribution is 2.25. The summed E-state index contributed by atoms with van der Waals surface area (Å²) in [5.41, 5.74) is 1.46. The quantitative estimate of drug-likeness (QED) is 0.178. The Balaban J connectivity index is 1.78. The zero-order valence-electron chi connectivity index (χ0n) is 17.3. The van der Waals surface area contributed by atoms with Gasteiger partial charge in [0.05, 0.1) is 4.92 Å². The van der Waals surface area contributed by atoms with E-state index in [2.05, 4.69) is 0 Å². The molecule has 7 nitrogen and oxygen atoms in total. The maximum atomic E-state index is 12.6. The molecule has 0 radical (unpaired) electrons. The molecule has 0 atom stereocenters. The molecule has 0 aliphatic rings. The molecule has 0 heterocycles. The highest BCUT2D eigenvalue weighted by Gasteiger charge is 2.17. The van der Waals surface area contributed by atoms with E-state index in [1.807, 2.05) is 6.92 Å². The number of ketones is 1. The molecule has 9 heteroatoms. The lowest BCUT2D eigenvalue weighted by Crippen LogP contribution is -2.10. The van der Waals surface area contributed by atoms with E-state index in [1.165, 1.54) is 60.7 Å². The molecule has 0 aromatic heterocycles. The molecule has 0 saturated heterocycles. The van der Waals surface area contributed by atoms with Crippen LogP contribution in [0.1, 0.15) is 16.7 Å². The molecule has 0 aliphatic carbocycles. The second-order valence-corrected chi connectivity index (χ2v) is 8.87. The molecule has 3 rings (SSSR count). The predicted molar refractivity (Wildman–Crippen MR) is 127 cm³/mol. The fourth-order valence-electron chi connectivity index (χ4n) is 2.74. The van der Waals surface area contributed by atoms with Crippen LogP contribution in [0.2, 0.25) is 5.02 Å². The van der Waals surface area contributed by atoms with Gasteiger partial charge in [0.2, 0.25) is 0 Å². The van der Waals surface area contributed by atoms with Crippen LogP contribution < -0.4 is 4.18 Å². The van der Waals surface area contributed by atoms with Crippen LogP contribution in [0, 0.1) is 17.0 Å². The van der Waals surface area contributed by atoms with Gasteiger partial charge in [0.1, 0.15) is 10.6 Å². The number of carbonyl (C=O) groups is 1. The van der Waals surface area contributed by atoms with Crippen molar-refractivity contribution in [2.75, 3.05) is 0 Å². The molecule has 168 valence electrons. The Kier molecular flexibility index (Phi) is 7.42. The van der Waals surface area contributed by atoms with Gasteiger partial charge in [-0.05, 0) is 61.1 Å². The number of allylic oxidation sites excluding steroid dienone is 2. The van der Waals surface area contributed by atoms with Gasteiger partial charge in [-0.1, -0.05) is 47.5 Å². The number of hydrogen-bond acceptors (Lipinski definition) is 6. The van der Waals surface area contributed by atoms with Crippen LogP contribution in [0.25, 0.3) is 12.2 Å². The number of rotatable bonds is 8. The highest BCUT2D eigenvalue weighted by molar-refractivity contribution is 7.87. The highest BCUT2D eigenvalue weighted by atomic mass is 35.5. The van der Waals surface area contributed by atoms with Crippen LogP contribution >= 0.6 is 11.6 Å². The summed E-state index contributed by atoms with van der Waals surface area (Å²) in [6, 6.07) is 16.5. The molecular formula is C24H18ClNO6S. The molecule has 0 N–H and O–H groups in total. The van der Waals surface area contributed by atoms with E-state index in [9.17, 15) is 23.3 Å². The van der Waals surface area contributed by atoms with Crippen molar-refractivity contribution in [2.45, 2.75) is 11.8 Å². The first-order valence-electron chi connectivity index (χ1n) is 9.60. The normalized spacial score (nSPS) is 11.7. The van der Waals surface area contributed by atoms with Gasteiger partial charge in [-0.15, -0.1) is 0 Å². The maximum absolute atomic E-state index is 12.6. The number of carbonyl (C=O) groups excluding carboxylic acids is 1. The number of non-ortho nitro benzene ring substituents is 1. The summed E-state index contributed by atoms with van der Waals surface area (Å²) in [6.45, 7) is 1.84. The van der Waals surface area contributed by atoms with E-state index in [0.29, 0.717) is 11.1 Å². The molecule has 0 aliphatic heterocycles. The standard InChI is InChI=1S/C24H18ClNO6S/c1-17-6-13-22(14-7-17)33(30,31)32-24-5-3-2-4-18(24)8-11-21(27)12-9-19-16-20(26(28)29)10-15-23(19)25/h2-16H,1H3/b11-8+,12-9+. The SMILES string of the molecule is Cc1ccc(S(=O)(=O)Oc2ccccc2/C=C/C(=O)/C=C/c2cc([N+](=O)[O-])ccc2Cl)cc1. The Hall–Kier alpha value is -3.75. The van der Waals surface area contributed by atoms with Crippen molar-refractivity contribution in [3.05, 3.63) is 111 Å². The molecular weight excluding hydrogens is 466 g/mol. The van der Waals surface area contributed by atoms with Gasteiger partial charge in [-0.2, -0.15) is 8.42 Å². The predicted octanol–water partition coefficient (Wildman–Crippen LogP) is 5.62. The molecule has 0 spiro atoms. The van der Waals surface area contributed by atoms with Crippen molar-refractivity contribution < 1.29 is 22.3 Å². The molecule has 3 aromatic rings. The summed E-state index contributed by atoms with van der Waals surface area (Å²) < 4.78 is 30.5. The summed E-state index contributed by atoms with van der Waals surface area (Å²) in [7, 11) is -4.06. The second-order valence-electron chi connectivity index (χ2n) is 6.92. The Morgan fingerprint density at radius 3 is 2.27 bits per heavy atom. The number of aryl methyl sites for hydroxylation is 1. The Labute approximate surface area is 195 Å². The van der Waals surface area contributed by atoms with E-state index in [4.69, 9.17) is 15.8 Å². The maximum Gasteiger partial charge on any atom is 0.339 e. The molecule has 0 unspecified atom stereocenters. The van der Waals surface area contributed by atoms with Crippen molar-refractivity contribution in [3.8, 4) is 5.75 Å². The third kappa shape index (κ3) is 6.38. The molecule has 33 heavy (non-hydrogen) atoms. The average Bonchev–Trinajstić information content (AvgIpc) is 2.78. The van der Waals surface area contributed by atoms with Crippen molar-refractivity contribution >= 4 is 45.3 Å². The minimum absolute atomic E-state index is 0.0136. The smallest absolute Gasteiger partial charge is 0.339 e. The van der Waals surface area contributed by atoms with Gasteiger partial charge in [-0.25, -0.2) is 0 Å². The first-order chi connectivity index (χ1) is 15.7. The Bertz CT molecular complexity index is 1360. The lowest BCUT2D eigenvalue weighted by Gasteiger charge is -2.09. The van der Waals surface area contributed by atoms with Gasteiger partial charge in [0.25, 0.3) is 5.69 Å². The van der Waals surface area contributed by atoms with E-state index in [0.717, 1.165) is 5.56 Å². The summed E-state index contributed by atoms with van der Waals surface area (Å²) in [6.07, 6.45) is 5.21. The summed E-state index contributed by atoms with van der Waals surface area (Å²) in [5, 5.41) is 11.2. The zero-order chi connectivity index (χ0) is 24.0. The number of para-hydroxylation sites is 1. The minimum Gasteiger partial charge on any atom is -0.378 e. The minimum atomic E-state index is -4.06. The van der Waals surface area contributed by atoms with E-state index in [1.54, 1.807) is 30.3 Å². The van der Waals surface area contributed by atoms with Gasteiger partial charge >= 0.3 is 10.1 Å². The zero-order valence-corrected chi connectivity index (χ0v) is 18.9. The third-order valence-corrected chi connectivity index (χ3v) is 6.07. The third-order valence-electron chi connectivity index (χ3n) is 4.47. The average molecular weight is 484 g/mol. The van der Waals surface area contributed by atoms with Crippen LogP contribution in [0.4, 0.5) is 5.69 Å². The van der Waals surface area contributed by atoms with Crippen molar-refractivity contribution in [2.24, 2.45) is 0 Å². The molecule has 0 bridgehead atoms. The second kappa shape index (κ2) is 10.2. The van der Waals surface area contributed by atoms with Crippen LogP contribution in [0.15, 0.2) is 83.8 Å². The van der Waals surface area contributed by atoms with Crippen LogP contribution in [-0.2, 0) is 14.9 Å². The largest absolute Gasteiger partial charge is 0.378 e. The first kappa shape index (κ1) is 23.9. The number of halogens is 1. The molecule has 0 fully saturated rings. The monoisotopic (exact) mass is 483 g/mol. The van der Waals surface area contributed by atoms with Crippen molar-refractivity contribution in [3.63, 3.8) is 0 Å². The number of nitro benzene ring substituents is 1. The van der Waals surface area contributed by atoms with Gasteiger partial charge < -0.3 is 4.18 Å². The number of nitro groups is 1. The molecule has 3 aromatic carbocycles. The topological polar surface area (TPSA) is 104 Å². The summed E-state index contributed by atoms with van der Waals surface area (Å²) in [5.74, 6) is -0.374. The summed E-state index contributed by atoms with van der Waals surface area (Å²) >= 11 is 6.02. The molecule has 0 amide bonds. The Morgan fingerprint density at radius 1 is 0.970 bits per heavy atom. The van der Waals surface area contributed by atoms with E-state index in [-0.39, 0.29) is 21.4 Å². The fourth-order valence-corrected chi connectivity index (χ4v) is 3.87. The van der Waals surface area contributed by atoms with Crippen molar-refractivity contribution in [1.29, 1.82) is 0 Å². The number of hydrogen-bond donors (Lipinski definition) is 0. The van der Waals surface area contributed by atoms with Crippen molar-refractivity contribution in [1.82, 2.24) is 0 Å². The lowest BCUT2D eigenvalue weighted by molar-refractivity contribution is -0.384. The van der Waals surface area contributed by atoms with Gasteiger partial charge in [-0.3, -0.25) is 14.9 Å². The van der Waals surface area contributed by atoms with Crippen LogP contribution in [-0.4, -0.2) is 19.1 Å². The van der Waals surface area contributed by atoms with Gasteiger partial charge in [0, 0.05) is 22.7 Å². The Morgan fingerprint density at radius 2 is 1.61 bits per heavy atom. The van der Waals surface area contributed by atoms with Crippen LogP contribution in [0.3, 0.4) is 0 Å². The number of benzene rings is 3.